The molecule has 2 saturated heterocycles. The lowest BCUT2D eigenvalue weighted by Crippen LogP contribution is -2.55. The number of carbonyl (C=O) groups is 1. The van der Waals surface area contributed by atoms with Crippen LogP contribution >= 0.6 is 0 Å². The minimum Gasteiger partial charge on any atom is -0.446 e. The van der Waals surface area contributed by atoms with Crippen molar-refractivity contribution in [2.75, 3.05) is 44.7 Å². The lowest BCUT2D eigenvalue weighted by molar-refractivity contribution is 0.00197. The first-order valence-electron chi connectivity index (χ1n) is 15.7. The highest BCUT2D eigenvalue weighted by Gasteiger charge is 2.53. The molecule has 0 bridgehead atoms. The summed E-state index contributed by atoms with van der Waals surface area (Å²) in [6, 6.07) is 19.2. The van der Waals surface area contributed by atoms with Crippen LogP contribution in [0.5, 0.6) is 0 Å². The molecule has 3 atom stereocenters. The monoisotopic (exact) mass is 583 g/mol. The molecule has 2 aromatic carbocycles. The summed E-state index contributed by atoms with van der Waals surface area (Å²) in [7, 11) is 1.61. The highest BCUT2D eigenvalue weighted by Crippen LogP contribution is 2.52. The standard InChI is InChI=1S/C35H42FN5O2/c1-37-30-11-13-31(14-12-30)41-23-26(24-41)22-39-19-15-27(16-20-39)35(25-40-17-3-4-18-40,28-7-5-8-29(36)21-28)32-9-6-10-33(32)43-34(42)38-2/h3-5,7-8,11-14,17-18,21,26-27,32-33H,6,9-10,15-16,19-20,22-25H2,2H3,(H,38,42)/t32-,33-,35?/m0/s1. The summed E-state index contributed by atoms with van der Waals surface area (Å²) in [5.41, 5.74) is 2.53. The van der Waals surface area contributed by atoms with Crippen molar-refractivity contribution >= 4 is 17.5 Å². The van der Waals surface area contributed by atoms with Crippen molar-refractivity contribution in [3.63, 3.8) is 0 Å². The van der Waals surface area contributed by atoms with Gasteiger partial charge in [0.15, 0.2) is 5.69 Å². The molecule has 3 aliphatic rings. The number of likely N-dealkylation sites (tertiary alicyclic amines) is 1. The maximum Gasteiger partial charge on any atom is 0.407 e. The second-order valence-corrected chi connectivity index (χ2v) is 12.6. The third-order valence-electron chi connectivity index (χ3n) is 10.2. The van der Waals surface area contributed by atoms with Crippen LogP contribution in [0.3, 0.4) is 0 Å². The van der Waals surface area contributed by atoms with Crippen LogP contribution in [-0.2, 0) is 16.7 Å². The van der Waals surface area contributed by atoms with Crippen LogP contribution in [0.4, 0.5) is 20.6 Å². The summed E-state index contributed by atoms with van der Waals surface area (Å²) in [5, 5.41) is 2.64. The molecule has 0 spiro atoms. The Morgan fingerprint density at radius 1 is 1.05 bits per heavy atom. The molecular formula is C35H42FN5O2. The van der Waals surface area contributed by atoms with Crippen LogP contribution in [0.15, 0.2) is 73.1 Å². The fourth-order valence-electron chi connectivity index (χ4n) is 8.13. The van der Waals surface area contributed by atoms with Crippen molar-refractivity contribution in [1.29, 1.82) is 0 Å². The maximum atomic E-state index is 14.9. The SMILES string of the molecule is [C-]#[N+]c1ccc(N2CC(CN3CCC(C(Cn4cccc4)(c4cccc(F)c4)[C@H]4CCC[C@@H]4OC(=O)NC)CC3)C2)cc1. The van der Waals surface area contributed by atoms with Gasteiger partial charge in [-0.25, -0.2) is 14.0 Å². The first-order valence-corrected chi connectivity index (χ1v) is 15.7. The molecule has 1 N–H and O–H groups in total. The van der Waals surface area contributed by atoms with E-state index >= 15 is 0 Å². The van der Waals surface area contributed by atoms with Crippen LogP contribution in [0.1, 0.15) is 37.7 Å². The van der Waals surface area contributed by atoms with E-state index in [9.17, 15) is 9.18 Å². The number of halogens is 1. The number of alkyl carbamates (subject to hydrolysis) is 1. The number of aromatic nitrogens is 1. The van der Waals surface area contributed by atoms with E-state index in [4.69, 9.17) is 11.3 Å². The van der Waals surface area contributed by atoms with Crippen molar-refractivity contribution in [2.24, 2.45) is 17.8 Å². The molecule has 43 heavy (non-hydrogen) atoms. The van der Waals surface area contributed by atoms with Gasteiger partial charge < -0.3 is 24.4 Å². The molecule has 3 fully saturated rings. The van der Waals surface area contributed by atoms with Gasteiger partial charge in [-0.05, 0) is 93.1 Å². The molecule has 6 rings (SSSR count). The molecule has 3 heterocycles. The molecular weight excluding hydrogens is 541 g/mol. The first kappa shape index (κ1) is 29.3. The third kappa shape index (κ3) is 6.14. The molecule has 1 saturated carbocycles. The molecule has 3 aromatic rings. The summed E-state index contributed by atoms with van der Waals surface area (Å²) in [6.07, 6.45) is 8.43. The molecule has 1 aromatic heterocycles. The van der Waals surface area contributed by atoms with Crippen molar-refractivity contribution in [1.82, 2.24) is 14.8 Å². The van der Waals surface area contributed by atoms with E-state index in [0.717, 1.165) is 76.9 Å². The Labute approximate surface area is 254 Å². The summed E-state index contributed by atoms with van der Waals surface area (Å²) in [6.45, 7) is 13.1. The van der Waals surface area contributed by atoms with Gasteiger partial charge in [-0.2, -0.15) is 0 Å². The highest BCUT2D eigenvalue weighted by molar-refractivity contribution is 5.67. The maximum absolute atomic E-state index is 14.9. The highest BCUT2D eigenvalue weighted by atomic mass is 19.1. The van der Waals surface area contributed by atoms with E-state index in [1.807, 2.05) is 30.3 Å². The molecule has 1 amide bonds. The smallest absolute Gasteiger partial charge is 0.407 e. The lowest BCUT2D eigenvalue weighted by atomic mass is 9.58. The molecule has 8 heteroatoms. The second-order valence-electron chi connectivity index (χ2n) is 12.6. The molecule has 1 unspecified atom stereocenters. The Bertz CT molecular complexity index is 1410. The second kappa shape index (κ2) is 12.8. The Morgan fingerprint density at radius 3 is 2.47 bits per heavy atom. The topological polar surface area (TPSA) is 54.1 Å². The zero-order valence-electron chi connectivity index (χ0n) is 25.0. The van der Waals surface area contributed by atoms with Crippen LogP contribution in [-0.4, -0.2) is 61.4 Å². The normalized spacial score (nSPS) is 22.9. The summed E-state index contributed by atoms with van der Waals surface area (Å²) >= 11 is 0. The van der Waals surface area contributed by atoms with Gasteiger partial charge in [0.1, 0.15) is 11.9 Å². The van der Waals surface area contributed by atoms with Crippen LogP contribution in [0.2, 0.25) is 0 Å². The van der Waals surface area contributed by atoms with E-state index in [1.54, 1.807) is 13.1 Å². The zero-order chi connectivity index (χ0) is 29.8. The summed E-state index contributed by atoms with van der Waals surface area (Å²) < 4.78 is 23.2. The predicted molar refractivity (Wildman–Crippen MR) is 167 cm³/mol. The number of amides is 1. The third-order valence-corrected chi connectivity index (χ3v) is 10.2. The van der Waals surface area contributed by atoms with E-state index in [1.165, 1.54) is 11.8 Å². The summed E-state index contributed by atoms with van der Waals surface area (Å²) in [5.74, 6) is 0.836. The van der Waals surface area contributed by atoms with Crippen molar-refractivity contribution in [2.45, 2.75) is 50.2 Å². The largest absolute Gasteiger partial charge is 0.446 e. The Kier molecular flexibility index (Phi) is 8.71. The first-order chi connectivity index (χ1) is 21.0. The van der Waals surface area contributed by atoms with E-state index < -0.39 is 6.09 Å². The molecule has 1 aliphatic carbocycles. The number of nitrogens with zero attached hydrogens (tertiary/aromatic N) is 4. The molecule has 226 valence electrons. The molecule has 2 aliphatic heterocycles. The average molecular weight is 584 g/mol. The number of nitrogens with one attached hydrogen (secondary N) is 1. The van der Waals surface area contributed by atoms with E-state index in [-0.39, 0.29) is 23.3 Å². The number of hydrogen-bond donors (Lipinski definition) is 1. The lowest BCUT2D eigenvalue weighted by Gasteiger charge is -2.51. The average Bonchev–Trinajstić information content (AvgIpc) is 3.70. The van der Waals surface area contributed by atoms with Crippen LogP contribution < -0.4 is 10.2 Å². The molecule has 7 nitrogen and oxygen atoms in total. The van der Waals surface area contributed by atoms with Crippen molar-refractivity contribution in [3.8, 4) is 0 Å². The fourth-order valence-corrected chi connectivity index (χ4v) is 8.13. The Balaban J connectivity index is 1.20. The van der Waals surface area contributed by atoms with Crippen molar-refractivity contribution < 1.29 is 13.9 Å². The number of hydrogen-bond acceptors (Lipinski definition) is 4. The van der Waals surface area contributed by atoms with Gasteiger partial charge in [-0.15, -0.1) is 0 Å². The molecule has 0 radical (unpaired) electrons. The van der Waals surface area contributed by atoms with Gasteiger partial charge in [0.25, 0.3) is 0 Å². The minimum absolute atomic E-state index is 0.0972. The van der Waals surface area contributed by atoms with E-state index in [2.05, 4.69) is 55.1 Å². The number of benzene rings is 2. The number of piperidine rings is 1. The Hall–Kier alpha value is -3.83. The van der Waals surface area contributed by atoms with Gasteiger partial charge in [-0.1, -0.05) is 24.3 Å². The number of ether oxygens (including phenoxy) is 1. The van der Waals surface area contributed by atoms with Gasteiger partial charge in [-0.3, -0.25) is 0 Å². The zero-order valence-corrected chi connectivity index (χ0v) is 25.0. The van der Waals surface area contributed by atoms with Crippen LogP contribution in [0.25, 0.3) is 4.85 Å². The van der Waals surface area contributed by atoms with E-state index in [0.29, 0.717) is 17.5 Å². The quantitative estimate of drug-likeness (QED) is 0.293. The number of rotatable bonds is 9. The Morgan fingerprint density at radius 2 is 1.79 bits per heavy atom. The summed E-state index contributed by atoms with van der Waals surface area (Å²) in [4.78, 5) is 20.9. The van der Waals surface area contributed by atoms with Gasteiger partial charge in [0.2, 0.25) is 0 Å². The fraction of sp³-hybridized carbons (Fsp3) is 0.486. The van der Waals surface area contributed by atoms with Gasteiger partial charge in [0.05, 0.1) is 6.57 Å². The van der Waals surface area contributed by atoms with Gasteiger partial charge in [0, 0.05) is 68.6 Å². The van der Waals surface area contributed by atoms with Crippen molar-refractivity contribution in [3.05, 3.63) is 95.9 Å². The van der Waals surface area contributed by atoms with Crippen LogP contribution in [0, 0.1) is 30.1 Å². The predicted octanol–water partition coefficient (Wildman–Crippen LogP) is 6.49. The number of carbonyl (C=O) groups excluding carboxylic acids is 1. The number of anilines is 1. The van der Waals surface area contributed by atoms with Gasteiger partial charge >= 0.3 is 6.09 Å². The minimum atomic E-state index is -0.391.